The molecule has 18 heavy (non-hydrogen) atoms. The van der Waals surface area contributed by atoms with Crippen LogP contribution in [-0.2, 0) is 17.8 Å². The van der Waals surface area contributed by atoms with Crippen LogP contribution in [0.25, 0.3) is 0 Å². The maximum atomic E-state index is 11.8. The number of aromatic nitrogens is 3. The molecular weight excluding hydrogens is 249 g/mol. The number of halogens is 3. The fourth-order valence-electron chi connectivity index (χ4n) is 1.28. The van der Waals surface area contributed by atoms with Gasteiger partial charge in [0.15, 0.2) is 5.82 Å². The Balaban J connectivity index is 2.13. The Hall–Kier alpha value is -1.15. The van der Waals surface area contributed by atoms with Gasteiger partial charge >= 0.3 is 6.18 Å². The molecule has 0 aliphatic heterocycles. The molecule has 0 spiro atoms. The van der Waals surface area contributed by atoms with Crippen LogP contribution >= 0.6 is 0 Å². The average Bonchev–Trinajstić information content (AvgIpc) is 2.72. The summed E-state index contributed by atoms with van der Waals surface area (Å²) in [6.07, 6.45) is -2.22. The van der Waals surface area contributed by atoms with Crippen molar-refractivity contribution in [1.82, 2.24) is 20.1 Å². The van der Waals surface area contributed by atoms with E-state index in [-0.39, 0.29) is 6.61 Å². The Morgan fingerprint density at radius 2 is 2.22 bits per heavy atom. The second-order valence-electron chi connectivity index (χ2n) is 3.73. The molecule has 1 heterocycles. The van der Waals surface area contributed by atoms with Crippen LogP contribution in [-0.4, -0.2) is 40.7 Å². The quantitative estimate of drug-likeness (QED) is 0.722. The first kappa shape index (κ1) is 14.9. The van der Waals surface area contributed by atoms with E-state index >= 15 is 0 Å². The largest absolute Gasteiger partial charge is 0.411 e. The van der Waals surface area contributed by atoms with Gasteiger partial charge in [-0.25, -0.2) is 4.98 Å². The molecule has 0 aliphatic carbocycles. The number of nitrogens with one attached hydrogen (secondary N) is 1. The third kappa shape index (κ3) is 6.55. The maximum Gasteiger partial charge on any atom is 0.411 e. The number of aryl methyl sites for hydroxylation is 1. The average molecular weight is 266 g/mol. The number of hydrogen-bond donors (Lipinski definition) is 1. The summed E-state index contributed by atoms with van der Waals surface area (Å²) in [6, 6.07) is 0. The van der Waals surface area contributed by atoms with E-state index in [0.29, 0.717) is 25.3 Å². The van der Waals surface area contributed by atoms with E-state index in [9.17, 15) is 13.2 Å². The van der Waals surface area contributed by atoms with Crippen molar-refractivity contribution in [3.63, 3.8) is 0 Å². The summed E-state index contributed by atoms with van der Waals surface area (Å²) in [4.78, 5) is 4.06. The minimum absolute atomic E-state index is 0.0575. The van der Waals surface area contributed by atoms with Gasteiger partial charge in [-0.2, -0.15) is 18.3 Å². The lowest BCUT2D eigenvalue weighted by Gasteiger charge is -2.07. The molecule has 0 fully saturated rings. The molecule has 104 valence electrons. The molecule has 0 amide bonds. The molecule has 8 heteroatoms. The van der Waals surface area contributed by atoms with Crippen LogP contribution in [0.4, 0.5) is 13.2 Å². The van der Waals surface area contributed by atoms with Crippen LogP contribution in [0.15, 0.2) is 6.33 Å². The zero-order valence-corrected chi connectivity index (χ0v) is 10.2. The summed E-state index contributed by atoms with van der Waals surface area (Å²) in [7, 11) is 0. The highest BCUT2D eigenvalue weighted by Gasteiger charge is 2.27. The van der Waals surface area contributed by atoms with Crippen molar-refractivity contribution in [1.29, 1.82) is 0 Å². The van der Waals surface area contributed by atoms with Crippen LogP contribution in [0.1, 0.15) is 19.2 Å². The van der Waals surface area contributed by atoms with Gasteiger partial charge in [-0.05, 0) is 13.0 Å². The highest BCUT2D eigenvalue weighted by Crippen LogP contribution is 2.14. The summed E-state index contributed by atoms with van der Waals surface area (Å²) < 4.78 is 41.4. The van der Waals surface area contributed by atoms with Gasteiger partial charge in [-0.3, -0.25) is 4.68 Å². The smallest absolute Gasteiger partial charge is 0.372 e. The summed E-state index contributed by atoms with van der Waals surface area (Å²) in [5, 5.41) is 7.24. The fraction of sp³-hybridized carbons (Fsp3) is 0.800. The molecule has 1 N–H and O–H groups in total. The topological polar surface area (TPSA) is 52.0 Å². The van der Waals surface area contributed by atoms with Crippen LogP contribution in [0.3, 0.4) is 0 Å². The lowest BCUT2D eigenvalue weighted by atomic mass is 10.4. The van der Waals surface area contributed by atoms with Crippen molar-refractivity contribution in [2.75, 3.05) is 19.8 Å². The molecule has 0 unspecified atom stereocenters. The van der Waals surface area contributed by atoms with Crippen molar-refractivity contribution in [2.45, 2.75) is 32.6 Å². The summed E-state index contributed by atoms with van der Waals surface area (Å²) >= 11 is 0. The summed E-state index contributed by atoms with van der Waals surface area (Å²) in [5.41, 5.74) is 0. The lowest BCUT2D eigenvalue weighted by molar-refractivity contribution is -0.174. The van der Waals surface area contributed by atoms with Crippen LogP contribution < -0.4 is 5.32 Å². The molecule has 1 aromatic heterocycles. The molecule has 0 saturated carbocycles. The van der Waals surface area contributed by atoms with Crippen LogP contribution in [0.2, 0.25) is 0 Å². The predicted octanol–water partition coefficient (Wildman–Crippen LogP) is 1.36. The van der Waals surface area contributed by atoms with E-state index in [1.54, 1.807) is 11.0 Å². The summed E-state index contributed by atoms with van der Waals surface area (Å²) in [6.45, 7) is 2.76. The van der Waals surface area contributed by atoms with Gasteiger partial charge in [0.25, 0.3) is 0 Å². The Morgan fingerprint density at radius 1 is 1.44 bits per heavy atom. The molecule has 0 atom stereocenters. The molecule has 0 bridgehead atoms. The number of alkyl halides is 3. The van der Waals surface area contributed by atoms with E-state index in [1.165, 1.54) is 0 Å². The lowest BCUT2D eigenvalue weighted by Crippen LogP contribution is -2.18. The van der Waals surface area contributed by atoms with Crippen molar-refractivity contribution < 1.29 is 17.9 Å². The first-order valence-electron chi connectivity index (χ1n) is 5.75. The van der Waals surface area contributed by atoms with E-state index in [0.717, 1.165) is 6.54 Å². The van der Waals surface area contributed by atoms with Crippen molar-refractivity contribution in [2.24, 2.45) is 0 Å². The van der Waals surface area contributed by atoms with Gasteiger partial charge in [0.05, 0.1) is 6.54 Å². The summed E-state index contributed by atoms with van der Waals surface area (Å²) in [5.74, 6) is 0.674. The minimum Gasteiger partial charge on any atom is -0.372 e. The van der Waals surface area contributed by atoms with Gasteiger partial charge in [-0.1, -0.05) is 6.92 Å². The fourth-order valence-corrected chi connectivity index (χ4v) is 1.28. The van der Waals surface area contributed by atoms with Gasteiger partial charge < -0.3 is 10.1 Å². The zero-order valence-electron chi connectivity index (χ0n) is 10.2. The SMILES string of the molecule is CCNCc1ncn(CCCOCC(F)(F)F)n1. The second-order valence-corrected chi connectivity index (χ2v) is 3.73. The van der Waals surface area contributed by atoms with Crippen LogP contribution in [0.5, 0.6) is 0 Å². The number of ether oxygens (including phenoxy) is 1. The van der Waals surface area contributed by atoms with E-state index in [1.807, 2.05) is 6.92 Å². The second kappa shape index (κ2) is 7.32. The van der Waals surface area contributed by atoms with Crippen LogP contribution in [0, 0.1) is 0 Å². The van der Waals surface area contributed by atoms with Crippen molar-refractivity contribution in [3.8, 4) is 0 Å². The predicted molar refractivity (Wildman–Crippen MR) is 58.9 cm³/mol. The Labute approximate surface area is 103 Å². The normalized spacial score (nSPS) is 12.0. The number of hydrogen-bond acceptors (Lipinski definition) is 4. The Morgan fingerprint density at radius 3 is 2.89 bits per heavy atom. The first-order chi connectivity index (χ1) is 8.51. The number of rotatable bonds is 8. The van der Waals surface area contributed by atoms with Gasteiger partial charge in [0.1, 0.15) is 12.9 Å². The zero-order chi connectivity index (χ0) is 13.4. The monoisotopic (exact) mass is 266 g/mol. The molecular formula is C10H17F3N4O. The van der Waals surface area contributed by atoms with Gasteiger partial charge in [-0.15, -0.1) is 0 Å². The van der Waals surface area contributed by atoms with Crippen molar-refractivity contribution >= 4 is 0 Å². The van der Waals surface area contributed by atoms with E-state index < -0.39 is 12.8 Å². The molecule has 0 saturated heterocycles. The maximum absolute atomic E-state index is 11.8. The molecule has 0 aliphatic rings. The first-order valence-corrected chi connectivity index (χ1v) is 5.75. The third-order valence-corrected chi connectivity index (χ3v) is 2.06. The Kier molecular flexibility index (Phi) is 6.06. The standard InChI is InChI=1S/C10H17F3N4O/c1-2-14-6-9-15-8-17(16-9)4-3-5-18-7-10(11,12)13/h8,14H,2-7H2,1H3. The highest BCUT2D eigenvalue weighted by molar-refractivity contribution is 4.80. The van der Waals surface area contributed by atoms with Gasteiger partial charge in [0, 0.05) is 13.2 Å². The Bertz CT molecular complexity index is 340. The van der Waals surface area contributed by atoms with Crippen molar-refractivity contribution in [3.05, 3.63) is 12.2 Å². The molecule has 0 radical (unpaired) electrons. The molecule has 1 rings (SSSR count). The minimum atomic E-state index is -4.26. The van der Waals surface area contributed by atoms with E-state index in [2.05, 4.69) is 20.1 Å². The molecule has 5 nitrogen and oxygen atoms in total. The number of nitrogens with zero attached hydrogens (tertiary/aromatic N) is 3. The molecule has 1 aromatic rings. The third-order valence-electron chi connectivity index (χ3n) is 2.06. The van der Waals surface area contributed by atoms with Gasteiger partial charge in [0.2, 0.25) is 0 Å². The highest BCUT2D eigenvalue weighted by atomic mass is 19.4. The van der Waals surface area contributed by atoms with E-state index in [4.69, 9.17) is 0 Å². The molecule has 0 aromatic carbocycles.